The fraction of sp³-hybridized carbons (Fsp3) is 0.409. The van der Waals surface area contributed by atoms with Gasteiger partial charge in [-0.1, -0.05) is 6.92 Å². The molecule has 1 aliphatic heterocycles. The lowest BCUT2D eigenvalue weighted by atomic mass is 9.89. The average molecular weight is 387 g/mol. The average Bonchev–Trinajstić information content (AvgIpc) is 2.66. The Balaban J connectivity index is 1.79. The zero-order chi connectivity index (χ0) is 20.3. The summed E-state index contributed by atoms with van der Waals surface area (Å²) in [6.07, 6.45) is 0.428. The van der Waals surface area contributed by atoms with E-state index in [9.17, 15) is 9.18 Å². The Bertz CT molecular complexity index is 835. The highest BCUT2D eigenvalue weighted by atomic mass is 19.1. The van der Waals surface area contributed by atoms with Gasteiger partial charge >= 0.3 is 0 Å². The minimum Gasteiger partial charge on any atom is -0.497 e. The van der Waals surface area contributed by atoms with E-state index in [1.54, 1.807) is 7.11 Å². The van der Waals surface area contributed by atoms with Crippen LogP contribution in [-0.2, 0) is 4.79 Å². The molecule has 0 unspecified atom stereocenters. The number of benzene rings is 2. The van der Waals surface area contributed by atoms with Crippen LogP contribution in [0.5, 0.6) is 17.2 Å². The first kappa shape index (κ1) is 20.0. The van der Waals surface area contributed by atoms with Crippen molar-refractivity contribution < 1.29 is 23.4 Å². The molecule has 28 heavy (non-hydrogen) atoms. The van der Waals surface area contributed by atoms with Crippen LogP contribution in [0.1, 0.15) is 45.2 Å². The first-order chi connectivity index (χ1) is 13.3. The highest BCUT2D eigenvalue weighted by Crippen LogP contribution is 2.41. The van der Waals surface area contributed by atoms with Gasteiger partial charge < -0.3 is 19.5 Å². The monoisotopic (exact) mass is 387 g/mol. The molecule has 1 amide bonds. The largest absolute Gasteiger partial charge is 0.497 e. The molecule has 2 aromatic rings. The second kappa shape index (κ2) is 8.09. The summed E-state index contributed by atoms with van der Waals surface area (Å²) in [4.78, 5) is 12.9. The van der Waals surface area contributed by atoms with E-state index in [2.05, 4.69) is 5.32 Å². The fourth-order valence-corrected chi connectivity index (χ4v) is 3.35. The molecule has 0 radical (unpaired) electrons. The van der Waals surface area contributed by atoms with E-state index in [-0.39, 0.29) is 17.8 Å². The molecule has 0 bridgehead atoms. The van der Waals surface area contributed by atoms with Gasteiger partial charge in [-0.3, -0.25) is 4.79 Å². The Morgan fingerprint density at radius 1 is 1.25 bits per heavy atom. The molecule has 6 heteroatoms. The molecule has 0 aliphatic carbocycles. The molecule has 5 nitrogen and oxygen atoms in total. The third-order valence-electron chi connectivity index (χ3n) is 4.75. The van der Waals surface area contributed by atoms with Crippen LogP contribution >= 0.6 is 0 Å². The first-order valence-corrected chi connectivity index (χ1v) is 9.41. The number of nitrogens with one attached hydrogen (secondary N) is 1. The van der Waals surface area contributed by atoms with Gasteiger partial charge in [0.2, 0.25) is 0 Å². The van der Waals surface area contributed by atoms with Crippen molar-refractivity contribution >= 4 is 5.91 Å². The van der Waals surface area contributed by atoms with Crippen LogP contribution in [0.4, 0.5) is 4.39 Å². The molecule has 0 fully saturated rings. The molecule has 1 N–H and O–H groups in total. The summed E-state index contributed by atoms with van der Waals surface area (Å²) in [5.74, 6) is 1.33. The van der Waals surface area contributed by atoms with Crippen LogP contribution in [0, 0.1) is 5.82 Å². The van der Waals surface area contributed by atoms with Crippen molar-refractivity contribution in [3.63, 3.8) is 0 Å². The number of methoxy groups -OCH3 is 1. The number of carbonyl (C=O) groups is 1. The Morgan fingerprint density at radius 3 is 2.57 bits per heavy atom. The van der Waals surface area contributed by atoms with Crippen molar-refractivity contribution in [2.24, 2.45) is 0 Å². The summed E-state index contributed by atoms with van der Waals surface area (Å²) in [5, 5.41) is 3.09. The molecule has 0 saturated carbocycles. The zero-order valence-corrected chi connectivity index (χ0v) is 16.6. The highest BCUT2D eigenvalue weighted by molar-refractivity contribution is 5.81. The van der Waals surface area contributed by atoms with E-state index in [1.807, 2.05) is 39.0 Å². The molecule has 0 saturated heterocycles. The number of ether oxygens (including phenoxy) is 3. The minimum atomic E-state index is -0.675. The van der Waals surface area contributed by atoms with E-state index in [0.29, 0.717) is 24.3 Å². The normalized spacial score (nSPS) is 18.4. The number of carbonyl (C=O) groups excluding carboxylic acids is 1. The van der Waals surface area contributed by atoms with Crippen molar-refractivity contribution in [1.82, 2.24) is 5.32 Å². The molecule has 1 heterocycles. The second-order valence-corrected chi connectivity index (χ2v) is 7.50. The van der Waals surface area contributed by atoms with Crippen LogP contribution < -0.4 is 19.5 Å². The maximum atomic E-state index is 13.1. The van der Waals surface area contributed by atoms with E-state index in [0.717, 1.165) is 11.3 Å². The number of rotatable bonds is 6. The lowest BCUT2D eigenvalue weighted by molar-refractivity contribution is -0.129. The van der Waals surface area contributed by atoms with Crippen molar-refractivity contribution in [3.8, 4) is 17.2 Å². The van der Waals surface area contributed by atoms with E-state index in [4.69, 9.17) is 14.2 Å². The second-order valence-electron chi connectivity index (χ2n) is 7.50. The number of amides is 1. The van der Waals surface area contributed by atoms with Crippen molar-refractivity contribution in [3.05, 3.63) is 53.8 Å². The lowest BCUT2D eigenvalue weighted by Gasteiger charge is -2.38. The smallest absolute Gasteiger partial charge is 0.261 e. The van der Waals surface area contributed by atoms with E-state index < -0.39 is 11.7 Å². The molecule has 2 aromatic carbocycles. The third-order valence-corrected chi connectivity index (χ3v) is 4.75. The van der Waals surface area contributed by atoms with Crippen LogP contribution in [0.25, 0.3) is 0 Å². The maximum Gasteiger partial charge on any atom is 0.261 e. The molecular weight excluding hydrogens is 361 g/mol. The van der Waals surface area contributed by atoms with Gasteiger partial charge in [0.15, 0.2) is 6.10 Å². The summed E-state index contributed by atoms with van der Waals surface area (Å²) < 4.78 is 30.2. The summed E-state index contributed by atoms with van der Waals surface area (Å²) in [7, 11) is 1.60. The van der Waals surface area contributed by atoms with Crippen molar-refractivity contribution in [2.45, 2.75) is 51.4 Å². The summed E-state index contributed by atoms with van der Waals surface area (Å²) in [5.41, 5.74) is 0.461. The van der Waals surface area contributed by atoms with Crippen LogP contribution in [0.15, 0.2) is 42.5 Å². The van der Waals surface area contributed by atoms with Gasteiger partial charge in [0.1, 0.15) is 28.7 Å². The quantitative estimate of drug-likeness (QED) is 0.798. The molecule has 150 valence electrons. The Hall–Kier alpha value is -2.76. The van der Waals surface area contributed by atoms with Gasteiger partial charge in [-0.2, -0.15) is 0 Å². The van der Waals surface area contributed by atoms with Gasteiger partial charge in [-0.15, -0.1) is 0 Å². The zero-order valence-electron chi connectivity index (χ0n) is 16.6. The number of hydrogen-bond donors (Lipinski definition) is 1. The number of hydrogen-bond acceptors (Lipinski definition) is 4. The summed E-state index contributed by atoms with van der Waals surface area (Å²) in [6.45, 7) is 5.86. The van der Waals surface area contributed by atoms with Crippen molar-refractivity contribution in [1.29, 1.82) is 0 Å². The SMILES string of the molecule is CC[C@@H](Oc1ccc(F)cc1)C(=O)N[C@H]1CC(C)(C)Oc2ccc(OC)cc21. The third kappa shape index (κ3) is 4.55. The van der Waals surface area contributed by atoms with Gasteiger partial charge in [-0.25, -0.2) is 4.39 Å². The molecule has 2 atom stereocenters. The van der Waals surface area contributed by atoms with Gasteiger partial charge in [0.25, 0.3) is 5.91 Å². The minimum absolute atomic E-state index is 0.219. The van der Waals surface area contributed by atoms with Crippen molar-refractivity contribution in [2.75, 3.05) is 7.11 Å². The Morgan fingerprint density at radius 2 is 1.93 bits per heavy atom. The Labute approximate surface area is 164 Å². The van der Waals surface area contributed by atoms with Crippen LogP contribution in [0.3, 0.4) is 0 Å². The van der Waals surface area contributed by atoms with Gasteiger partial charge in [0.05, 0.1) is 13.2 Å². The highest BCUT2D eigenvalue weighted by Gasteiger charge is 2.36. The molecule has 0 aromatic heterocycles. The van der Waals surface area contributed by atoms with Gasteiger partial charge in [0, 0.05) is 12.0 Å². The molecule has 1 aliphatic rings. The topological polar surface area (TPSA) is 56.8 Å². The maximum absolute atomic E-state index is 13.1. The van der Waals surface area contributed by atoms with Gasteiger partial charge in [-0.05, 0) is 62.7 Å². The Kier molecular flexibility index (Phi) is 5.77. The predicted octanol–water partition coefficient (Wildman–Crippen LogP) is 4.41. The van der Waals surface area contributed by atoms with E-state index >= 15 is 0 Å². The summed E-state index contributed by atoms with van der Waals surface area (Å²) >= 11 is 0. The molecule has 3 rings (SSSR count). The van der Waals surface area contributed by atoms with Crippen LogP contribution in [0.2, 0.25) is 0 Å². The first-order valence-electron chi connectivity index (χ1n) is 9.41. The number of halogens is 1. The number of fused-ring (bicyclic) bond motifs is 1. The summed E-state index contributed by atoms with van der Waals surface area (Å²) in [6, 6.07) is 11.0. The lowest BCUT2D eigenvalue weighted by Crippen LogP contribution is -2.45. The molecule has 0 spiro atoms. The molecular formula is C22H26FNO4. The standard InChI is InChI=1S/C22H26FNO4/c1-5-19(27-15-8-6-14(23)7-9-15)21(25)24-18-13-22(2,3)28-20-11-10-16(26-4)12-17(18)20/h6-12,18-19H,5,13H2,1-4H3,(H,24,25)/t18-,19+/m0/s1. The fourth-order valence-electron chi connectivity index (χ4n) is 3.35. The predicted molar refractivity (Wildman–Crippen MR) is 104 cm³/mol. The van der Waals surface area contributed by atoms with E-state index in [1.165, 1.54) is 24.3 Å². The van der Waals surface area contributed by atoms with Crippen LogP contribution in [-0.4, -0.2) is 24.7 Å².